The van der Waals surface area contributed by atoms with Crippen molar-refractivity contribution in [2.45, 2.75) is 6.92 Å². The SMILES string of the molecule is Cc1cc(F)c(Nc2cc(N)ccn2)cc1F. The van der Waals surface area contributed by atoms with Crippen LogP contribution in [0.15, 0.2) is 30.5 Å². The Balaban J connectivity index is 2.33. The second-order valence-corrected chi connectivity index (χ2v) is 3.68. The minimum atomic E-state index is -0.534. The normalized spacial score (nSPS) is 10.3. The molecule has 1 aromatic carbocycles. The summed E-state index contributed by atoms with van der Waals surface area (Å²) in [5.41, 5.74) is 6.34. The number of nitrogen functional groups attached to an aromatic ring is 1. The number of aryl methyl sites for hydroxylation is 1. The fourth-order valence-electron chi connectivity index (χ4n) is 1.40. The second-order valence-electron chi connectivity index (χ2n) is 3.68. The Bertz CT molecular complexity index is 555. The third-order valence-corrected chi connectivity index (χ3v) is 2.30. The van der Waals surface area contributed by atoms with Crippen molar-refractivity contribution in [1.29, 1.82) is 0 Å². The van der Waals surface area contributed by atoms with Crippen LogP contribution in [-0.4, -0.2) is 4.98 Å². The smallest absolute Gasteiger partial charge is 0.147 e. The van der Waals surface area contributed by atoms with Gasteiger partial charge in [-0.3, -0.25) is 0 Å². The lowest BCUT2D eigenvalue weighted by Crippen LogP contribution is -1.99. The zero-order valence-electron chi connectivity index (χ0n) is 9.17. The van der Waals surface area contributed by atoms with Crippen molar-refractivity contribution in [3.05, 3.63) is 47.7 Å². The summed E-state index contributed by atoms with van der Waals surface area (Å²) in [4.78, 5) is 3.95. The molecular formula is C12H11F2N3. The second kappa shape index (κ2) is 4.37. The molecule has 0 atom stereocenters. The fraction of sp³-hybridized carbons (Fsp3) is 0.0833. The van der Waals surface area contributed by atoms with E-state index < -0.39 is 11.6 Å². The molecule has 3 nitrogen and oxygen atoms in total. The van der Waals surface area contributed by atoms with E-state index in [2.05, 4.69) is 10.3 Å². The van der Waals surface area contributed by atoms with Gasteiger partial charge in [-0.2, -0.15) is 0 Å². The molecule has 3 N–H and O–H groups in total. The van der Waals surface area contributed by atoms with E-state index in [4.69, 9.17) is 5.73 Å². The summed E-state index contributed by atoms with van der Waals surface area (Å²) >= 11 is 0. The Morgan fingerprint density at radius 1 is 1.18 bits per heavy atom. The maximum absolute atomic E-state index is 13.5. The number of halogens is 2. The van der Waals surface area contributed by atoms with Crippen molar-refractivity contribution in [2.24, 2.45) is 0 Å². The number of pyridine rings is 1. The fourth-order valence-corrected chi connectivity index (χ4v) is 1.40. The van der Waals surface area contributed by atoms with Gasteiger partial charge < -0.3 is 11.1 Å². The molecular weight excluding hydrogens is 224 g/mol. The van der Waals surface area contributed by atoms with E-state index in [0.717, 1.165) is 12.1 Å². The van der Waals surface area contributed by atoms with Crippen molar-refractivity contribution >= 4 is 17.2 Å². The first-order valence-electron chi connectivity index (χ1n) is 5.00. The number of nitrogens with zero attached hydrogens (tertiary/aromatic N) is 1. The quantitative estimate of drug-likeness (QED) is 0.841. The van der Waals surface area contributed by atoms with E-state index in [1.807, 2.05) is 0 Å². The standard InChI is InChI=1S/C12H11F2N3/c1-7-4-10(14)11(6-9(7)13)17-12-5-8(15)2-3-16-12/h2-6H,1H3,(H3,15,16,17). The van der Waals surface area contributed by atoms with Gasteiger partial charge in [0.2, 0.25) is 0 Å². The topological polar surface area (TPSA) is 50.9 Å². The van der Waals surface area contributed by atoms with Crippen LogP contribution in [0.25, 0.3) is 0 Å². The highest BCUT2D eigenvalue weighted by molar-refractivity contribution is 5.60. The summed E-state index contributed by atoms with van der Waals surface area (Å²) in [6, 6.07) is 5.37. The van der Waals surface area contributed by atoms with Crippen molar-refractivity contribution in [3.8, 4) is 0 Å². The molecule has 88 valence electrons. The highest BCUT2D eigenvalue weighted by Crippen LogP contribution is 2.22. The zero-order chi connectivity index (χ0) is 12.4. The molecule has 0 aliphatic carbocycles. The molecule has 0 radical (unpaired) electrons. The summed E-state index contributed by atoms with van der Waals surface area (Å²) in [7, 11) is 0. The van der Waals surface area contributed by atoms with Crippen LogP contribution in [0.3, 0.4) is 0 Å². The van der Waals surface area contributed by atoms with Gasteiger partial charge in [0.25, 0.3) is 0 Å². The molecule has 0 bridgehead atoms. The first-order valence-corrected chi connectivity index (χ1v) is 5.00. The van der Waals surface area contributed by atoms with E-state index in [1.165, 1.54) is 19.2 Å². The molecule has 1 aromatic heterocycles. The highest BCUT2D eigenvalue weighted by atomic mass is 19.1. The number of aromatic nitrogens is 1. The van der Waals surface area contributed by atoms with Crippen LogP contribution >= 0.6 is 0 Å². The molecule has 0 amide bonds. The molecule has 0 unspecified atom stereocenters. The van der Waals surface area contributed by atoms with Crippen LogP contribution in [-0.2, 0) is 0 Å². The van der Waals surface area contributed by atoms with Crippen LogP contribution in [0.2, 0.25) is 0 Å². The predicted octanol–water partition coefficient (Wildman–Crippen LogP) is 2.99. The van der Waals surface area contributed by atoms with E-state index in [-0.39, 0.29) is 11.3 Å². The molecule has 1 heterocycles. The largest absolute Gasteiger partial charge is 0.399 e. The van der Waals surface area contributed by atoms with Gasteiger partial charge in [0.15, 0.2) is 0 Å². The molecule has 2 rings (SSSR count). The maximum atomic E-state index is 13.5. The molecule has 17 heavy (non-hydrogen) atoms. The molecule has 0 fully saturated rings. The van der Waals surface area contributed by atoms with Gasteiger partial charge in [-0.1, -0.05) is 0 Å². The molecule has 0 spiro atoms. The lowest BCUT2D eigenvalue weighted by Gasteiger charge is -2.08. The average molecular weight is 235 g/mol. The Kier molecular flexibility index (Phi) is 2.91. The molecule has 5 heteroatoms. The van der Waals surface area contributed by atoms with Gasteiger partial charge in [-0.05, 0) is 24.6 Å². The number of rotatable bonds is 2. The van der Waals surface area contributed by atoms with Crippen molar-refractivity contribution in [2.75, 3.05) is 11.1 Å². The molecule has 0 saturated carbocycles. The molecule has 0 aliphatic rings. The Labute approximate surface area is 97.3 Å². The number of hydrogen-bond donors (Lipinski definition) is 2. The summed E-state index contributed by atoms with van der Waals surface area (Å²) in [5, 5.41) is 2.67. The summed E-state index contributed by atoms with van der Waals surface area (Å²) in [6.07, 6.45) is 1.49. The molecule has 2 aromatic rings. The summed E-state index contributed by atoms with van der Waals surface area (Å²) in [6.45, 7) is 1.50. The third-order valence-electron chi connectivity index (χ3n) is 2.30. The van der Waals surface area contributed by atoms with Gasteiger partial charge >= 0.3 is 0 Å². The number of hydrogen-bond acceptors (Lipinski definition) is 3. The number of nitrogens with one attached hydrogen (secondary N) is 1. The summed E-state index contributed by atoms with van der Waals surface area (Å²) in [5.74, 6) is -0.641. The zero-order valence-corrected chi connectivity index (χ0v) is 9.17. The summed E-state index contributed by atoms with van der Waals surface area (Å²) < 4.78 is 26.8. The number of nitrogens with two attached hydrogens (primary N) is 1. The van der Waals surface area contributed by atoms with Crippen LogP contribution in [0.1, 0.15) is 5.56 Å². The third kappa shape index (κ3) is 2.50. The van der Waals surface area contributed by atoms with Gasteiger partial charge in [0.1, 0.15) is 17.5 Å². The molecule has 0 aliphatic heterocycles. The van der Waals surface area contributed by atoms with Crippen LogP contribution in [0.5, 0.6) is 0 Å². The maximum Gasteiger partial charge on any atom is 0.147 e. The average Bonchev–Trinajstić information content (AvgIpc) is 2.26. The van der Waals surface area contributed by atoms with Crippen molar-refractivity contribution < 1.29 is 8.78 Å². The minimum absolute atomic E-state index is 0.0335. The highest BCUT2D eigenvalue weighted by Gasteiger charge is 2.07. The molecule has 0 saturated heterocycles. The lowest BCUT2D eigenvalue weighted by atomic mass is 10.2. The van der Waals surface area contributed by atoms with E-state index in [9.17, 15) is 8.78 Å². The van der Waals surface area contributed by atoms with E-state index >= 15 is 0 Å². The van der Waals surface area contributed by atoms with E-state index in [0.29, 0.717) is 11.5 Å². The number of benzene rings is 1. The lowest BCUT2D eigenvalue weighted by molar-refractivity contribution is 0.595. The van der Waals surface area contributed by atoms with E-state index in [1.54, 1.807) is 6.07 Å². The van der Waals surface area contributed by atoms with Crippen LogP contribution < -0.4 is 11.1 Å². The van der Waals surface area contributed by atoms with Crippen LogP contribution in [0, 0.1) is 18.6 Å². The monoisotopic (exact) mass is 235 g/mol. The first-order chi connectivity index (χ1) is 8.06. The Morgan fingerprint density at radius 2 is 1.94 bits per heavy atom. The first kappa shape index (κ1) is 11.3. The predicted molar refractivity (Wildman–Crippen MR) is 63.0 cm³/mol. The van der Waals surface area contributed by atoms with Crippen molar-refractivity contribution in [1.82, 2.24) is 4.98 Å². The minimum Gasteiger partial charge on any atom is -0.399 e. The van der Waals surface area contributed by atoms with Gasteiger partial charge in [0, 0.05) is 24.0 Å². The number of anilines is 3. The van der Waals surface area contributed by atoms with Gasteiger partial charge in [0.05, 0.1) is 5.69 Å². The van der Waals surface area contributed by atoms with Gasteiger partial charge in [-0.25, -0.2) is 13.8 Å². The Hall–Kier alpha value is -2.17. The van der Waals surface area contributed by atoms with Crippen molar-refractivity contribution in [3.63, 3.8) is 0 Å². The Morgan fingerprint density at radius 3 is 2.65 bits per heavy atom. The van der Waals surface area contributed by atoms with Gasteiger partial charge in [-0.15, -0.1) is 0 Å². The van der Waals surface area contributed by atoms with Crippen LogP contribution in [0.4, 0.5) is 26.0 Å².